The van der Waals surface area contributed by atoms with Crippen molar-refractivity contribution in [3.63, 3.8) is 0 Å². The van der Waals surface area contributed by atoms with Crippen LogP contribution in [0.25, 0.3) is 0 Å². The van der Waals surface area contributed by atoms with Crippen LogP contribution in [0, 0.1) is 0 Å². The molecule has 0 aromatic heterocycles. The lowest BCUT2D eigenvalue weighted by atomic mass is 10.0. The third-order valence-corrected chi connectivity index (χ3v) is 19.0. The molecule has 0 amide bonds. The second-order valence-corrected chi connectivity index (χ2v) is 29.7. The number of carbonyl (C=O) groups excluding carboxylic acids is 1. The van der Waals surface area contributed by atoms with Gasteiger partial charge in [-0.25, -0.2) is 0 Å². The minimum Gasteiger partial charge on any atom is -0.464 e. The van der Waals surface area contributed by atoms with Crippen molar-refractivity contribution in [2.75, 3.05) is 6.23 Å². The summed E-state index contributed by atoms with van der Waals surface area (Å²) < 4.78 is 25.2. The third-order valence-electron chi connectivity index (χ3n) is 6.02. The molecule has 0 fully saturated rings. The molecular formula is C28H64O5Si4. The highest BCUT2D eigenvalue weighted by atomic mass is 28.5. The summed E-state index contributed by atoms with van der Waals surface area (Å²) >= 11 is 0. The Morgan fingerprint density at radius 2 is 0.892 bits per heavy atom. The Labute approximate surface area is 235 Å². The van der Waals surface area contributed by atoms with Crippen LogP contribution in [-0.2, 0) is 21.9 Å². The minimum atomic E-state index is -2.69. The second-order valence-electron chi connectivity index (χ2n) is 13.4. The first-order valence-electron chi connectivity index (χ1n) is 15.3. The average Bonchev–Trinajstić information content (AvgIpc) is 2.71. The minimum absolute atomic E-state index is 0.123. The van der Waals surface area contributed by atoms with Crippen molar-refractivity contribution in [2.24, 2.45) is 0 Å². The van der Waals surface area contributed by atoms with Crippen LogP contribution in [0.4, 0.5) is 0 Å². The van der Waals surface area contributed by atoms with Crippen LogP contribution in [0.1, 0.15) is 110 Å². The quantitative estimate of drug-likeness (QED) is 0.0634. The van der Waals surface area contributed by atoms with Crippen LogP contribution in [-0.4, -0.2) is 46.0 Å². The fourth-order valence-electron chi connectivity index (χ4n) is 4.93. The highest BCUT2D eigenvalue weighted by Gasteiger charge is 2.45. The Bertz CT molecular complexity index is 590. The number of hydrogen-bond donors (Lipinski definition) is 0. The van der Waals surface area contributed by atoms with E-state index in [0.717, 1.165) is 12.8 Å². The molecule has 0 aliphatic heterocycles. The van der Waals surface area contributed by atoms with Gasteiger partial charge in [-0.3, -0.25) is 4.79 Å². The highest BCUT2D eigenvalue weighted by molar-refractivity contribution is 6.89. The van der Waals surface area contributed by atoms with Gasteiger partial charge in [0.15, 0.2) is 16.6 Å². The molecule has 0 saturated carbocycles. The van der Waals surface area contributed by atoms with Crippen molar-refractivity contribution >= 4 is 39.7 Å². The molecule has 5 nitrogen and oxygen atoms in total. The Morgan fingerprint density at radius 1 is 0.514 bits per heavy atom. The number of unbranched alkanes of at least 4 members (excludes halogenated alkanes) is 14. The van der Waals surface area contributed by atoms with E-state index in [9.17, 15) is 4.79 Å². The van der Waals surface area contributed by atoms with Gasteiger partial charge in [0.2, 0.25) is 0 Å². The van der Waals surface area contributed by atoms with Gasteiger partial charge in [0, 0.05) is 6.42 Å². The first-order valence-corrected chi connectivity index (χ1v) is 27.5. The van der Waals surface area contributed by atoms with Crippen molar-refractivity contribution in [1.29, 1.82) is 0 Å². The maximum absolute atomic E-state index is 12.5. The van der Waals surface area contributed by atoms with E-state index < -0.39 is 33.8 Å². The molecule has 0 bridgehead atoms. The summed E-state index contributed by atoms with van der Waals surface area (Å²) in [6.45, 7) is 21.5. The number of carbonyl (C=O) groups is 1. The largest absolute Gasteiger partial charge is 0.464 e. The predicted molar refractivity (Wildman–Crippen MR) is 170 cm³/mol. The van der Waals surface area contributed by atoms with Crippen LogP contribution >= 0.6 is 0 Å². The molecule has 0 saturated heterocycles. The Morgan fingerprint density at radius 3 is 1.27 bits per heavy atom. The summed E-state index contributed by atoms with van der Waals surface area (Å²) in [5.41, 5.74) is 0. The van der Waals surface area contributed by atoms with E-state index in [1.54, 1.807) is 0 Å². The maximum Gasteiger partial charge on any atom is 0.354 e. The van der Waals surface area contributed by atoms with Crippen LogP contribution < -0.4 is 0 Å². The molecule has 0 N–H and O–H groups in total. The van der Waals surface area contributed by atoms with Gasteiger partial charge >= 0.3 is 23.1 Å². The number of ether oxygens (including phenoxy) is 1. The molecule has 0 radical (unpaired) electrons. The number of hydrogen-bond acceptors (Lipinski definition) is 5. The normalized spacial score (nSPS) is 14.5. The SMILES string of the molecule is CCCCCCCCCCCCCCCCCC(=O)OC[Si](C)(O[Si](C)(C)C)O[Si](C)(C)O[Si](C)(C)C. The van der Waals surface area contributed by atoms with E-state index in [-0.39, 0.29) is 12.2 Å². The van der Waals surface area contributed by atoms with E-state index in [4.69, 9.17) is 17.1 Å². The first kappa shape index (κ1) is 37.2. The molecule has 9 heteroatoms. The first-order chi connectivity index (χ1) is 17.1. The Balaban J connectivity index is 4.09. The van der Waals surface area contributed by atoms with Gasteiger partial charge in [0.1, 0.15) is 6.23 Å². The third kappa shape index (κ3) is 25.0. The van der Waals surface area contributed by atoms with E-state index in [0.29, 0.717) is 6.42 Å². The van der Waals surface area contributed by atoms with Crippen LogP contribution in [0.15, 0.2) is 0 Å². The van der Waals surface area contributed by atoms with Crippen molar-refractivity contribution in [1.82, 2.24) is 0 Å². The number of rotatable bonds is 24. The lowest BCUT2D eigenvalue weighted by molar-refractivity contribution is -0.142. The molecule has 222 valence electrons. The topological polar surface area (TPSA) is 54.0 Å². The van der Waals surface area contributed by atoms with Crippen molar-refractivity contribution in [3.8, 4) is 0 Å². The van der Waals surface area contributed by atoms with E-state index in [2.05, 4.69) is 59.3 Å². The Kier molecular flexibility index (Phi) is 19.4. The maximum atomic E-state index is 12.5. The van der Waals surface area contributed by atoms with Gasteiger partial charge in [-0.05, 0) is 65.3 Å². The van der Waals surface area contributed by atoms with Gasteiger partial charge in [0.25, 0.3) is 0 Å². The van der Waals surface area contributed by atoms with E-state index in [1.807, 2.05) is 6.55 Å². The van der Waals surface area contributed by atoms with E-state index >= 15 is 0 Å². The fourth-order valence-corrected chi connectivity index (χ4v) is 22.1. The summed E-state index contributed by atoms with van der Waals surface area (Å²) in [5.74, 6) is -0.123. The Hall–Kier alpha value is 0.218. The molecule has 0 spiro atoms. The van der Waals surface area contributed by atoms with Crippen LogP contribution in [0.3, 0.4) is 0 Å². The summed E-state index contributed by atoms with van der Waals surface area (Å²) in [5, 5.41) is 0. The molecule has 0 aromatic rings. The summed E-state index contributed by atoms with van der Waals surface area (Å²) in [7, 11) is -8.68. The summed E-state index contributed by atoms with van der Waals surface area (Å²) in [6, 6.07) is 0. The zero-order valence-electron chi connectivity index (χ0n) is 26.6. The van der Waals surface area contributed by atoms with Gasteiger partial charge in [0.05, 0.1) is 0 Å². The molecule has 0 aliphatic rings. The van der Waals surface area contributed by atoms with Crippen LogP contribution in [0.2, 0.25) is 58.9 Å². The van der Waals surface area contributed by atoms with Crippen molar-refractivity contribution in [3.05, 3.63) is 0 Å². The van der Waals surface area contributed by atoms with Crippen molar-refractivity contribution in [2.45, 2.75) is 169 Å². The van der Waals surface area contributed by atoms with Gasteiger partial charge < -0.3 is 17.1 Å². The van der Waals surface area contributed by atoms with Crippen molar-refractivity contribution < 1.29 is 21.9 Å². The second kappa shape index (κ2) is 19.3. The van der Waals surface area contributed by atoms with Gasteiger partial charge in [-0.1, -0.05) is 96.8 Å². The molecule has 0 aromatic carbocycles. The molecule has 1 unspecified atom stereocenters. The molecule has 1 atom stereocenters. The lowest BCUT2D eigenvalue weighted by Gasteiger charge is -2.40. The standard InChI is InChI=1S/C28H64O5Si4/c1-11-12-13-14-15-16-17-18-19-20-21-22-23-24-25-26-28(29)30-27-37(10,32-35(5,6)7)33-36(8,9)31-34(2,3)4/h11-27H2,1-10H3. The van der Waals surface area contributed by atoms with E-state index in [1.165, 1.54) is 83.5 Å². The molecule has 37 heavy (non-hydrogen) atoms. The van der Waals surface area contributed by atoms with Crippen LogP contribution in [0.5, 0.6) is 0 Å². The predicted octanol–water partition coefficient (Wildman–Crippen LogP) is 9.82. The highest BCUT2D eigenvalue weighted by Crippen LogP contribution is 2.24. The molecule has 0 rings (SSSR count). The number of esters is 1. The van der Waals surface area contributed by atoms with Gasteiger partial charge in [-0.2, -0.15) is 0 Å². The molecular weight excluding hydrogens is 529 g/mol. The fraction of sp³-hybridized carbons (Fsp3) is 0.964. The zero-order chi connectivity index (χ0) is 28.4. The average molecular weight is 593 g/mol. The smallest absolute Gasteiger partial charge is 0.354 e. The molecule has 0 heterocycles. The monoisotopic (exact) mass is 592 g/mol. The summed E-state index contributed by atoms with van der Waals surface area (Å²) in [4.78, 5) is 12.5. The zero-order valence-corrected chi connectivity index (χ0v) is 30.6. The van der Waals surface area contributed by atoms with Gasteiger partial charge in [-0.15, -0.1) is 0 Å². The summed E-state index contributed by atoms with van der Waals surface area (Å²) in [6.07, 6.45) is 20.6. The molecule has 0 aliphatic carbocycles. The lowest BCUT2D eigenvalue weighted by Crippen LogP contribution is -2.59.